The SMILES string of the molecule is CCCNCc1nc(CN2CCN(C(C)C)CC2)cs1. The van der Waals surface area contributed by atoms with Gasteiger partial charge in [0.1, 0.15) is 5.01 Å². The molecule has 0 unspecified atom stereocenters. The van der Waals surface area contributed by atoms with Gasteiger partial charge in [0.15, 0.2) is 0 Å². The minimum absolute atomic E-state index is 0.674. The van der Waals surface area contributed by atoms with Crippen molar-refractivity contribution in [2.45, 2.75) is 46.3 Å². The van der Waals surface area contributed by atoms with Crippen LogP contribution in [0.3, 0.4) is 0 Å². The molecule has 0 amide bonds. The van der Waals surface area contributed by atoms with Gasteiger partial charge in [-0.25, -0.2) is 4.98 Å². The Kier molecular flexibility index (Phi) is 6.42. The second-order valence-corrected chi connectivity index (χ2v) is 6.76. The van der Waals surface area contributed by atoms with E-state index < -0.39 is 0 Å². The molecule has 114 valence electrons. The zero-order chi connectivity index (χ0) is 14.4. The summed E-state index contributed by atoms with van der Waals surface area (Å²) in [6.45, 7) is 14.5. The second kappa shape index (κ2) is 8.08. The van der Waals surface area contributed by atoms with Crippen molar-refractivity contribution in [3.05, 3.63) is 16.1 Å². The van der Waals surface area contributed by atoms with Crippen LogP contribution in [-0.2, 0) is 13.1 Å². The largest absolute Gasteiger partial charge is 0.310 e. The first kappa shape index (κ1) is 15.9. The van der Waals surface area contributed by atoms with Crippen molar-refractivity contribution in [3.8, 4) is 0 Å². The Morgan fingerprint density at radius 2 is 2.05 bits per heavy atom. The zero-order valence-electron chi connectivity index (χ0n) is 13.1. The highest BCUT2D eigenvalue weighted by Crippen LogP contribution is 2.14. The van der Waals surface area contributed by atoms with Crippen LogP contribution in [0.25, 0.3) is 0 Å². The van der Waals surface area contributed by atoms with Crippen molar-refractivity contribution in [1.29, 1.82) is 0 Å². The lowest BCUT2D eigenvalue weighted by atomic mass is 10.2. The predicted octanol–water partition coefficient (Wildman–Crippen LogP) is 2.17. The Labute approximate surface area is 127 Å². The van der Waals surface area contributed by atoms with Gasteiger partial charge >= 0.3 is 0 Å². The van der Waals surface area contributed by atoms with Crippen molar-refractivity contribution >= 4 is 11.3 Å². The topological polar surface area (TPSA) is 31.4 Å². The van der Waals surface area contributed by atoms with E-state index in [0.29, 0.717) is 6.04 Å². The van der Waals surface area contributed by atoms with Crippen LogP contribution in [0, 0.1) is 0 Å². The van der Waals surface area contributed by atoms with E-state index >= 15 is 0 Å². The van der Waals surface area contributed by atoms with Gasteiger partial charge in [0.05, 0.1) is 5.69 Å². The number of nitrogens with one attached hydrogen (secondary N) is 1. The molecule has 1 aliphatic rings. The van der Waals surface area contributed by atoms with Gasteiger partial charge < -0.3 is 5.32 Å². The summed E-state index contributed by atoms with van der Waals surface area (Å²) >= 11 is 1.78. The summed E-state index contributed by atoms with van der Waals surface area (Å²) in [6.07, 6.45) is 1.18. The van der Waals surface area contributed by atoms with E-state index in [0.717, 1.165) is 19.6 Å². The lowest BCUT2D eigenvalue weighted by molar-refractivity contribution is 0.103. The van der Waals surface area contributed by atoms with Crippen LogP contribution in [0.1, 0.15) is 37.9 Å². The van der Waals surface area contributed by atoms with Crippen molar-refractivity contribution in [2.24, 2.45) is 0 Å². The molecule has 2 rings (SSSR count). The van der Waals surface area contributed by atoms with Gasteiger partial charge in [-0.3, -0.25) is 9.80 Å². The lowest BCUT2D eigenvalue weighted by Gasteiger charge is -2.36. The smallest absolute Gasteiger partial charge is 0.107 e. The van der Waals surface area contributed by atoms with Crippen LogP contribution < -0.4 is 5.32 Å². The fourth-order valence-electron chi connectivity index (χ4n) is 2.54. The number of hydrogen-bond acceptors (Lipinski definition) is 5. The molecule has 1 saturated heterocycles. The summed E-state index contributed by atoms with van der Waals surface area (Å²) in [5, 5.41) is 6.85. The van der Waals surface area contributed by atoms with E-state index in [9.17, 15) is 0 Å². The molecule has 1 aromatic rings. The Hall–Kier alpha value is -0.490. The number of rotatable bonds is 7. The normalized spacial score (nSPS) is 18.0. The second-order valence-electron chi connectivity index (χ2n) is 5.82. The number of hydrogen-bond donors (Lipinski definition) is 1. The molecule has 1 aliphatic heterocycles. The molecule has 0 saturated carbocycles. The summed E-state index contributed by atoms with van der Waals surface area (Å²) in [5.41, 5.74) is 1.24. The molecule has 0 bridgehead atoms. The maximum absolute atomic E-state index is 4.73. The van der Waals surface area contributed by atoms with E-state index in [1.807, 2.05) is 0 Å². The van der Waals surface area contributed by atoms with E-state index in [4.69, 9.17) is 4.98 Å². The van der Waals surface area contributed by atoms with Gasteiger partial charge in [-0.15, -0.1) is 11.3 Å². The Balaban J connectivity index is 1.74. The predicted molar refractivity (Wildman–Crippen MR) is 86.1 cm³/mol. The standard InChI is InChI=1S/C15H28N4S/c1-4-5-16-10-15-17-14(12-20-15)11-18-6-8-19(9-7-18)13(2)3/h12-13,16H,4-11H2,1-3H3. The molecule has 1 fully saturated rings. The van der Waals surface area contributed by atoms with Crippen molar-refractivity contribution < 1.29 is 0 Å². The summed E-state index contributed by atoms with van der Waals surface area (Å²) in [5.74, 6) is 0. The fraction of sp³-hybridized carbons (Fsp3) is 0.800. The molecular formula is C15H28N4S. The van der Waals surface area contributed by atoms with Gasteiger partial charge in [0.2, 0.25) is 0 Å². The molecule has 1 aromatic heterocycles. The lowest BCUT2D eigenvalue weighted by Crippen LogP contribution is -2.48. The maximum atomic E-state index is 4.73. The first-order valence-electron chi connectivity index (χ1n) is 7.79. The third-order valence-corrected chi connectivity index (χ3v) is 4.72. The van der Waals surface area contributed by atoms with Gasteiger partial charge in [0.25, 0.3) is 0 Å². The number of nitrogens with zero attached hydrogens (tertiary/aromatic N) is 3. The number of piperazine rings is 1. The first-order valence-corrected chi connectivity index (χ1v) is 8.67. The van der Waals surface area contributed by atoms with Crippen LogP contribution >= 0.6 is 11.3 Å². The van der Waals surface area contributed by atoms with Gasteiger partial charge in [-0.1, -0.05) is 6.92 Å². The first-order chi connectivity index (χ1) is 9.69. The summed E-state index contributed by atoms with van der Waals surface area (Å²) < 4.78 is 0. The highest BCUT2D eigenvalue weighted by molar-refractivity contribution is 7.09. The molecule has 4 nitrogen and oxygen atoms in total. The van der Waals surface area contributed by atoms with Crippen LogP contribution in [0.4, 0.5) is 0 Å². The van der Waals surface area contributed by atoms with Crippen LogP contribution in [0.5, 0.6) is 0 Å². The average Bonchev–Trinajstić information content (AvgIpc) is 2.87. The highest BCUT2D eigenvalue weighted by atomic mass is 32.1. The quantitative estimate of drug-likeness (QED) is 0.782. The highest BCUT2D eigenvalue weighted by Gasteiger charge is 2.19. The van der Waals surface area contributed by atoms with E-state index in [2.05, 4.69) is 41.3 Å². The van der Waals surface area contributed by atoms with E-state index in [1.54, 1.807) is 11.3 Å². The molecule has 0 spiro atoms. The Morgan fingerprint density at radius 1 is 1.30 bits per heavy atom. The average molecular weight is 296 g/mol. The van der Waals surface area contributed by atoms with Crippen molar-refractivity contribution in [3.63, 3.8) is 0 Å². The van der Waals surface area contributed by atoms with Crippen molar-refractivity contribution in [1.82, 2.24) is 20.1 Å². The van der Waals surface area contributed by atoms with E-state index in [1.165, 1.54) is 43.3 Å². The monoisotopic (exact) mass is 296 g/mol. The molecule has 0 aromatic carbocycles. The molecule has 0 aliphatic carbocycles. The van der Waals surface area contributed by atoms with E-state index in [-0.39, 0.29) is 0 Å². The summed E-state index contributed by atoms with van der Waals surface area (Å²) in [7, 11) is 0. The van der Waals surface area contributed by atoms with Crippen molar-refractivity contribution in [2.75, 3.05) is 32.7 Å². The molecule has 5 heteroatoms. The van der Waals surface area contributed by atoms with Gasteiger partial charge in [0, 0.05) is 50.7 Å². The molecule has 2 heterocycles. The van der Waals surface area contributed by atoms with Crippen LogP contribution in [-0.4, -0.2) is 53.5 Å². The Bertz CT molecular complexity index is 383. The minimum Gasteiger partial charge on any atom is -0.310 e. The third kappa shape index (κ3) is 4.81. The Morgan fingerprint density at radius 3 is 2.70 bits per heavy atom. The summed E-state index contributed by atoms with van der Waals surface area (Å²) in [4.78, 5) is 9.81. The molecule has 0 radical (unpaired) electrons. The van der Waals surface area contributed by atoms with Gasteiger partial charge in [-0.05, 0) is 26.8 Å². The molecular weight excluding hydrogens is 268 g/mol. The fourth-order valence-corrected chi connectivity index (χ4v) is 3.30. The zero-order valence-corrected chi connectivity index (χ0v) is 13.9. The third-order valence-electron chi connectivity index (χ3n) is 3.83. The van der Waals surface area contributed by atoms with Crippen LogP contribution in [0.2, 0.25) is 0 Å². The number of thiazole rings is 1. The minimum atomic E-state index is 0.674. The molecule has 1 N–H and O–H groups in total. The van der Waals surface area contributed by atoms with Crippen LogP contribution in [0.15, 0.2) is 5.38 Å². The number of aromatic nitrogens is 1. The molecule has 20 heavy (non-hydrogen) atoms. The summed E-state index contributed by atoms with van der Waals surface area (Å²) in [6, 6.07) is 0.674. The molecule has 0 atom stereocenters. The van der Waals surface area contributed by atoms with Gasteiger partial charge in [-0.2, -0.15) is 0 Å². The maximum Gasteiger partial charge on any atom is 0.107 e.